The van der Waals surface area contributed by atoms with Crippen LogP contribution in [0.3, 0.4) is 0 Å². The first-order chi connectivity index (χ1) is 13.4. The van der Waals surface area contributed by atoms with Crippen molar-refractivity contribution in [3.05, 3.63) is 29.3 Å². The van der Waals surface area contributed by atoms with E-state index in [0.717, 1.165) is 11.8 Å². The minimum atomic E-state index is -3.24. The minimum absolute atomic E-state index is 0.00603. The maximum absolute atomic E-state index is 12.8. The second-order valence-electron chi connectivity index (χ2n) is 8.93. The van der Waals surface area contributed by atoms with Gasteiger partial charge < -0.3 is 5.32 Å². The predicted molar refractivity (Wildman–Crippen MR) is 112 cm³/mol. The average molecular weight is 426 g/mol. The maximum atomic E-state index is 12.8. The van der Waals surface area contributed by atoms with Gasteiger partial charge in [-0.2, -0.15) is 4.31 Å². The topological polar surface area (TPSA) is 76.0 Å². The Bertz CT molecular complexity index is 749. The van der Waals surface area contributed by atoms with Crippen molar-refractivity contribution in [2.24, 2.45) is 23.7 Å². The Kier molecular flexibility index (Phi) is 4.79. The Labute approximate surface area is 172 Å². The zero-order valence-electron chi connectivity index (χ0n) is 15.8. The van der Waals surface area contributed by atoms with Crippen molar-refractivity contribution in [2.45, 2.75) is 38.1 Å². The van der Waals surface area contributed by atoms with Crippen LogP contribution in [-0.4, -0.2) is 45.0 Å². The van der Waals surface area contributed by atoms with Crippen LogP contribution < -0.4 is 9.62 Å². The highest BCUT2D eigenvalue weighted by atomic mass is 35.5. The lowest BCUT2D eigenvalue weighted by atomic mass is 9.54. The highest BCUT2D eigenvalue weighted by molar-refractivity contribution is 8.23. The van der Waals surface area contributed by atoms with Crippen molar-refractivity contribution in [1.29, 1.82) is 0 Å². The first-order valence-electron chi connectivity index (χ1n) is 10.3. The van der Waals surface area contributed by atoms with Gasteiger partial charge in [0, 0.05) is 12.6 Å². The van der Waals surface area contributed by atoms with Crippen molar-refractivity contribution in [1.82, 2.24) is 9.62 Å². The Morgan fingerprint density at radius 3 is 2.36 bits per heavy atom. The molecular formula is C20H28ClN3O3S. The van der Waals surface area contributed by atoms with E-state index in [4.69, 9.17) is 11.6 Å². The molecule has 6 rings (SSSR count). The summed E-state index contributed by atoms with van der Waals surface area (Å²) < 4.78 is 24.6. The first kappa shape index (κ1) is 19.0. The third-order valence-corrected chi connectivity index (χ3v) is 9.48. The molecule has 0 spiro atoms. The summed E-state index contributed by atoms with van der Waals surface area (Å²) in [6.07, 6.45) is 6.38. The standard InChI is InChI=1S/C20H28ClN3O3S/c21-17-3-1-2-4-18(17)24-6-5-23(28(24,26)27)12-19(25)22-20-15-8-13-7-14(10-15)11-16(20)9-13/h1-4,13-16,20,26-27H,5-12H2,(H,22,25). The van der Waals surface area contributed by atoms with Crippen molar-refractivity contribution in [3.8, 4) is 0 Å². The van der Waals surface area contributed by atoms with Gasteiger partial charge in [0.1, 0.15) is 0 Å². The zero-order valence-corrected chi connectivity index (χ0v) is 17.4. The predicted octanol–water partition coefficient (Wildman–Crippen LogP) is 3.98. The molecule has 6 nitrogen and oxygen atoms in total. The van der Waals surface area contributed by atoms with Gasteiger partial charge in [-0.1, -0.05) is 23.7 Å². The molecule has 0 aromatic heterocycles. The summed E-state index contributed by atoms with van der Waals surface area (Å²) >= 11 is 6.24. The Morgan fingerprint density at radius 2 is 1.71 bits per heavy atom. The number of amides is 1. The Hall–Kier alpha value is -0.990. The van der Waals surface area contributed by atoms with Crippen LogP contribution in [0, 0.1) is 23.7 Å². The molecule has 1 aliphatic heterocycles. The number of carbonyl (C=O) groups excluding carboxylic acids is 1. The number of nitrogens with zero attached hydrogens (tertiary/aromatic N) is 2. The smallest absolute Gasteiger partial charge is 0.236 e. The van der Waals surface area contributed by atoms with Crippen LogP contribution in [0.4, 0.5) is 5.69 Å². The molecule has 4 aliphatic carbocycles. The lowest BCUT2D eigenvalue weighted by Gasteiger charge is -2.54. The van der Waals surface area contributed by atoms with Crippen LogP contribution >= 0.6 is 22.6 Å². The van der Waals surface area contributed by atoms with Crippen molar-refractivity contribution in [2.75, 3.05) is 23.9 Å². The van der Waals surface area contributed by atoms with Gasteiger partial charge in [-0.3, -0.25) is 18.2 Å². The number of para-hydroxylation sites is 1. The van der Waals surface area contributed by atoms with E-state index in [1.807, 2.05) is 12.1 Å². The van der Waals surface area contributed by atoms with E-state index in [-0.39, 0.29) is 18.5 Å². The fourth-order valence-corrected chi connectivity index (χ4v) is 8.14. The molecule has 1 aromatic carbocycles. The Balaban J connectivity index is 1.24. The van der Waals surface area contributed by atoms with Gasteiger partial charge in [-0.05, 0) is 78.9 Å². The van der Waals surface area contributed by atoms with E-state index >= 15 is 0 Å². The summed E-state index contributed by atoms with van der Waals surface area (Å²) in [6.45, 7) is 0.853. The molecule has 0 atom stereocenters. The lowest BCUT2D eigenvalue weighted by molar-refractivity contribution is -0.125. The van der Waals surface area contributed by atoms with Crippen molar-refractivity contribution >= 4 is 34.2 Å². The molecule has 0 unspecified atom stereocenters. The van der Waals surface area contributed by atoms with E-state index in [0.29, 0.717) is 35.6 Å². The second kappa shape index (κ2) is 7.06. The van der Waals surface area contributed by atoms with Gasteiger partial charge in [0.05, 0.1) is 23.8 Å². The van der Waals surface area contributed by atoms with Gasteiger partial charge in [-0.15, -0.1) is 0 Å². The van der Waals surface area contributed by atoms with Crippen molar-refractivity contribution in [3.63, 3.8) is 0 Å². The molecule has 1 amide bonds. The van der Waals surface area contributed by atoms with Gasteiger partial charge >= 0.3 is 0 Å². The summed E-state index contributed by atoms with van der Waals surface area (Å²) in [5.41, 5.74) is 0.591. The number of benzene rings is 1. The molecule has 5 aliphatic rings. The summed E-state index contributed by atoms with van der Waals surface area (Å²) in [7, 11) is -3.24. The number of halogens is 1. The highest BCUT2D eigenvalue weighted by Gasteiger charge is 2.49. The summed E-state index contributed by atoms with van der Waals surface area (Å²) in [6, 6.07) is 7.40. The maximum Gasteiger partial charge on any atom is 0.236 e. The third-order valence-electron chi connectivity index (χ3n) is 7.19. The summed E-state index contributed by atoms with van der Waals surface area (Å²) in [5, 5.41) is 3.73. The quantitative estimate of drug-likeness (QED) is 0.680. The van der Waals surface area contributed by atoms with Crippen LogP contribution in [0.15, 0.2) is 24.3 Å². The average Bonchev–Trinajstić information content (AvgIpc) is 2.92. The van der Waals surface area contributed by atoms with Gasteiger partial charge in [0.15, 0.2) is 0 Å². The summed E-state index contributed by atoms with van der Waals surface area (Å²) in [5.74, 6) is 2.85. The number of nitrogens with one attached hydrogen (secondary N) is 1. The second-order valence-corrected chi connectivity index (χ2v) is 11.3. The molecule has 8 heteroatoms. The monoisotopic (exact) mass is 425 g/mol. The van der Waals surface area contributed by atoms with Crippen LogP contribution in [-0.2, 0) is 4.79 Å². The number of carbonyl (C=O) groups is 1. The first-order valence-corrected chi connectivity index (χ1v) is 12.1. The molecule has 28 heavy (non-hydrogen) atoms. The number of hydrogen-bond donors (Lipinski definition) is 3. The molecule has 4 saturated carbocycles. The van der Waals surface area contributed by atoms with Gasteiger partial charge in [-0.25, -0.2) is 0 Å². The summed E-state index contributed by atoms with van der Waals surface area (Å²) in [4.78, 5) is 12.8. The van der Waals surface area contributed by atoms with Crippen LogP contribution in [0.5, 0.6) is 0 Å². The van der Waals surface area contributed by atoms with E-state index in [1.54, 1.807) is 12.1 Å². The highest BCUT2D eigenvalue weighted by Crippen LogP contribution is 2.55. The lowest BCUT2D eigenvalue weighted by Crippen LogP contribution is -2.57. The molecule has 5 fully saturated rings. The molecule has 1 heterocycles. The van der Waals surface area contributed by atoms with Crippen molar-refractivity contribution < 1.29 is 13.9 Å². The van der Waals surface area contributed by atoms with Crippen LogP contribution in [0.2, 0.25) is 5.02 Å². The number of hydrogen-bond acceptors (Lipinski definition) is 5. The van der Waals surface area contributed by atoms with Gasteiger partial charge in [0.25, 0.3) is 0 Å². The molecule has 1 saturated heterocycles. The van der Waals surface area contributed by atoms with Crippen LogP contribution in [0.25, 0.3) is 0 Å². The zero-order chi connectivity index (χ0) is 19.5. The molecule has 3 N–H and O–H groups in total. The molecule has 4 bridgehead atoms. The minimum Gasteiger partial charge on any atom is -0.352 e. The molecule has 0 radical (unpaired) electrons. The van der Waals surface area contributed by atoms with E-state index in [1.165, 1.54) is 40.7 Å². The Morgan fingerprint density at radius 1 is 1.07 bits per heavy atom. The number of rotatable bonds is 4. The fraction of sp³-hybridized carbons (Fsp3) is 0.650. The largest absolute Gasteiger partial charge is 0.352 e. The van der Waals surface area contributed by atoms with Gasteiger partial charge in [0.2, 0.25) is 5.91 Å². The van der Waals surface area contributed by atoms with E-state index < -0.39 is 11.0 Å². The van der Waals surface area contributed by atoms with E-state index in [2.05, 4.69) is 5.32 Å². The normalized spacial score (nSPS) is 37.2. The molecular weight excluding hydrogens is 398 g/mol. The number of anilines is 1. The fourth-order valence-electron chi connectivity index (χ4n) is 6.21. The van der Waals surface area contributed by atoms with E-state index in [9.17, 15) is 13.9 Å². The molecule has 154 valence electrons. The third kappa shape index (κ3) is 3.21. The van der Waals surface area contributed by atoms with Crippen LogP contribution in [0.1, 0.15) is 32.1 Å². The SMILES string of the molecule is O=C(CN1CCN(c2ccccc2Cl)S1(O)O)NC1C2CC3CC(C2)CC1C3. The molecule has 1 aromatic rings.